The summed E-state index contributed by atoms with van der Waals surface area (Å²) in [5.74, 6) is -0.0846. The third-order valence-electron chi connectivity index (χ3n) is 5.37. The van der Waals surface area contributed by atoms with Crippen molar-refractivity contribution in [1.82, 2.24) is 9.80 Å². The number of nitrogens with zero attached hydrogens (tertiary/aromatic N) is 2. The number of carbonyl (C=O) groups excluding carboxylic acids is 1. The lowest BCUT2D eigenvalue weighted by Gasteiger charge is -2.28. The van der Waals surface area contributed by atoms with Gasteiger partial charge in [0.1, 0.15) is 0 Å². The summed E-state index contributed by atoms with van der Waals surface area (Å²) < 4.78 is 0. The van der Waals surface area contributed by atoms with Gasteiger partial charge < -0.3 is 14.9 Å². The lowest BCUT2D eigenvalue weighted by molar-refractivity contribution is -0.149. The van der Waals surface area contributed by atoms with E-state index in [1.165, 1.54) is 0 Å². The molecule has 2 atom stereocenters. The van der Waals surface area contributed by atoms with E-state index >= 15 is 0 Å². The molecule has 0 bridgehead atoms. The number of amides is 2. The van der Waals surface area contributed by atoms with Crippen molar-refractivity contribution in [3.63, 3.8) is 0 Å². The fraction of sp³-hybridized carbons (Fsp3) is 0.556. The molecule has 23 heavy (non-hydrogen) atoms. The second kappa shape index (κ2) is 5.87. The summed E-state index contributed by atoms with van der Waals surface area (Å²) in [5, 5.41) is 9.85. The van der Waals surface area contributed by atoms with Crippen LogP contribution in [0.2, 0.25) is 0 Å². The van der Waals surface area contributed by atoms with Crippen LogP contribution in [0.5, 0.6) is 0 Å². The van der Waals surface area contributed by atoms with E-state index in [2.05, 4.69) is 0 Å². The number of benzene rings is 1. The number of carboxylic acids is 1. The Hall–Kier alpha value is -2.04. The predicted octanol–water partition coefficient (Wildman–Crippen LogP) is 2.32. The van der Waals surface area contributed by atoms with Gasteiger partial charge in [-0.2, -0.15) is 0 Å². The maximum atomic E-state index is 12.1. The van der Waals surface area contributed by atoms with E-state index in [0.29, 0.717) is 44.2 Å². The minimum absolute atomic E-state index is 0.0309. The first-order valence-corrected chi connectivity index (χ1v) is 8.15. The number of hydrogen-bond acceptors (Lipinski definition) is 2. The van der Waals surface area contributed by atoms with Gasteiger partial charge in [-0.3, -0.25) is 4.79 Å². The van der Waals surface area contributed by atoms with E-state index < -0.39 is 11.4 Å². The smallest absolute Gasteiger partial charge is 0.319 e. The first-order chi connectivity index (χ1) is 10.9. The van der Waals surface area contributed by atoms with E-state index in [1.807, 2.05) is 35.2 Å². The van der Waals surface area contributed by atoms with Crippen LogP contribution in [0, 0.1) is 17.3 Å². The first-order valence-electron chi connectivity index (χ1n) is 8.15. The number of fused-ring (bicyclic) bond motifs is 1. The fourth-order valence-corrected chi connectivity index (χ4v) is 4.31. The van der Waals surface area contributed by atoms with Crippen molar-refractivity contribution in [2.75, 3.05) is 27.2 Å². The average Bonchev–Trinajstić information content (AvgIpc) is 3.03. The third-order valence-corrected chi connectivity index (χ3v) is 5.37. The van der Waals surface area contributed by atoms with Gasteiger partial charge in [-0.1, -0.05) is 30.3 Å². The zero-order valence-corrected chi connectivity index (χ0v) is 13.7. The maximum Gasteiger partial charge on any atom is 0.319 e. The number of likely N-dealkylation sites (tertiary alicyclic amines) is 1. The van der Waals surface area contributed by atoms with Gasteiger partial charge in [-0.25, -0.2) is 4.79 Å². The summed E-state index contributed by atoms with van der Waals surface area (Å²) in [7, 11) is 3.51. The van der Waals surface area contributed by atoms with Crippen molar-refractivity contribution in [2.24, 2.45) is 17.3 Å². The molecule has 1 heterocycles. The Bertz CT molecular complexity index is 586. The zero-order chi connectivity index (χ0) is 16.6. The van der Waals surface area contributed by atoms with Gasteiger partial charge in [0.15, 0.2) is 0 Å². The Labute approximate surface area is 136 Å². The minimum Gasteiger partial charge on any atom is -0.481 e. The topological polar surface area (TPSA) is 60.9 Å². The molecule has 1 aliphatic carbocycles. The summed E-state index contributed by atoms with van der Waals surface area (Å²) in [6.45, 7) is 1.37. The summed E-state index contributed by atoms with van der Waals surface area (Å²) in [6, 6.07) is 9.89. The van der Waals surface area contributed by atoms with E-state index in [0.717, 1.165) is 5.56 Å². The largest absolute Gasteiger partial charge is 0.481 e. The monoisotopic (exact) mass is 318 g/mol. The van der Waals surface area contributed by atoms with Gasteiger partial charge in [0.25, 0.3) is 0 Å². The molecule has 124 valence electrons. The Morgan fingerprint density at radius 3 is 2.30 bits per heavy atom. The number of rotatable bonds is 3. The van der Waals surface area contributed by atoms with Gasteiger partial charge in [0.2, 0.25) is 0 Å². The number of carbonyl (C=O) groups is 2. The molecule has 5 nitrogen and oxygen atoms in total. The SMILES string of the molecule is CN(C)C(=O)N1CC2CC(Cc3ccccc3)([14C](=O)O)CC2C1. The molecule has 5 heteroatoms. The lowest BCUT2D eigenvalue weighted by atomic mass is 9.88. The first kappa shape index (κ1) is 15.8. The molecular weight excluding hydrogens is 294 g/mol. The highest BCUT2D eigenvalue weighted by Crippen LogP contribution is 2.51. The number of urea groups is 1. The second-order valence-corrected chi connectivity index (χ2v) is 7.26. The van der Waals surface area contributed by atoms with E-state index in [9.17, 15) is 14.7 Å². The molecule has 1 saturated carbocycles. The van der Waals surface area contributed by atoms with E-state index in [1.54, 1.807) is 19.0 Å². The highest BCUT2D eigenvalue weighted by atomic mass is 16.6. The molecule has 1 aromatic carbocycles. The van der Waals surface area contributed by atoms with Crippen LogP contribution in [0.1, 0.15) is 18.4 Å². The average molecular weight is 318 g/mol. The number of hydrogen-bond donors (Lipinski definition) is 1. The molecule has 1 N–H and O–H groups in total. The molecule has 0 aromatic heterocycles. The summed E-state index contributed by atoms with van der Waals surface area (Å²) in [6.07, 6.45) is 1.91. The molecule has 1 aliphatic heterocycles. The molecule has 0 spiro atoms. The van der Waals surface area contributed by atoms with Gasteiger partial charge in [0, 0.05) is 27.2 Å². The number of aliphatic carboxylic acids is 1. The van der Waals surface area contributed by atoms with Crippen molar-refractivity contribution in [2.45, 2.75) is 19.3 Å². The molecule has 2 amide bonds. The minimum atomic E-state index is -0.693. The summed E-state index contributed by atoms with van der Waals surface area (Å²) in [4.78, 5) is 27.5. The highest BCUT2D eigenvalue weighted by molar-refractivity contribution is 5.77. The molecule has 1 saturated heterocycles. The molecule has 0 radical (unpaired) electrons. The summed E-state index contributed by atoms with van der Waals surface area (Å²) in [5.41, 5.74) is 0.403. The van der Waals surface area contributed by atoms with Crippen LogP contribution in [0.25, 0.3) is 0 Å². The van der Waals surface area contributed by atoms with Crippen LogP contribution in [0.15, 0.2) is 30.3 Å². The van der Waals surface area contributed by atoms with Crippen LogP contribution in [-0.2, 0) is 11.2 Å². The Morgan fingerprint density at radius 2 is 1.83 bits per heavy atom. The van der Waals surface area contributed by atoms with Crippen molar-refractivity contribution in [3.8, 4) is 0 Å². The molecule has 2 aliphatic rings. The van der Waals surface area contributed by atoms with Gasteiger partial charge in [0.05, 0.1) is 5.41 Å². The molecular formula is C18H24N2O3. The quantitative estimate of drug-likeness (QED) is 0.930. The van der Waals surface area contributed by atoms with Crippen molar-refractivity contribution >= 4 is 12.0 Å². The Morgan fingerprint density at radius 1 is 1.26 bits per heavy atom. The third kappa shape index (κ3) is 2.92. The van der Waals surface area contributed by atoms with Crippen LogP contribution >= 0.6 is 0 Å². The molecule has 3 rings (SSSR count). The lowest BCUT2D eigenvalue weighted by Crippen LogP contribution is -2.40. The molecule has 2 unspecified atom stereocenters. The molecule has 1 aromatic rings. The van der Waals surface area contributed by atoms with E-state index in [-0.39, 0.29) is 6.03 Å². The normalized spacial score (nSPS) is 29.4. The van der Waals surface area contributed by atoms with Gasteiger partial charge in [-0.15, -0.1) is 0 Å². The van der Waals surface area contributed by atoms with Crippen molar-refractivity contribution in [3.05, 3.63) is 35.9 Å². The van der Waals surface area contributed by atoms with Crippen molar-refractivity contribution in [1.29, 1.82) is 0 Å². The van der Waals surface area contributed by atoms with E-state index in [4.69, 9.17) is 0 Å². The Kier molecular flexibility index (Phi) is 4.04. The van der Waals surface area contributed by atoms with Crippen LogP contribution in [0.3, 0.4) is 0 Å². The van der Waals surface area contributed by atoms with Crippen molar-refractivity contribution < 1.29 is 14.7 Å². The molecule has 2 fully saturated rings. The van der Waals surface area contributed by atoms with Crippen LogP contribution < -0.4 is 0 Å². The van der Waals surface area contributed by atoms with Crippen LogP contribution in [-0.4, -0.2) is 54.1 Å². The predicted molar refractivity (Wildman–Crippen MR) is 87.1 cm³/mol. The summed E-state index contributed by atoms with van der Waals surface area (Å²) >= 11 is 0. The Balaban J connectivity index is 1.73. The highest BCUT2D eigenvalue weighted by Gasteiger charge is 2.53. The number of carboxylic acid groups (broad SMARTS) is 1. The standard InChI is InChI=1S/C18H24N2O3/c1-19(2)17(23)20-11-14-9-18(16(21)22,10-15(14)12-20)8-13-6-4-3-5-7-13/h3-7,14-15H,8-12H2,1-2H3,(H,21,22)/i16+2. The maximum absolute atomic E-state index is 12.1. The van der Waals surface area contributed by atoms with Gasteiger partial charge >= 0.3 is 12.0 Å². The van der Waals surface area contributed by atoms with Crippen LogP contribution in [0.4, 0.5) is 4.79 Å². The second-order valence-electron chi connectivity index (χ2n) is 7.26. The fourth-order valence-electron chi connectivity index (χ4n) is 4.31. The zero-order valence-electron chi connectivity index (χ0n) is 13.7. The van der Waals surface area contributed by atoms with Gasteiger partial charge in [-0.05, 0) is 36.7 Å².